The monoisotopic (exact) mass is 652 g/mol. The zero-order valence-electron chi connectivity index (χ0n) is 28.6. The smallest absolute Gasteiger partial charge is 0.477 e. The van der Waals surface area contributed by atoms with Gasteiger partial charge >= 0.3 is 23.6 Å². The van der Waals surface area contributed by atoms with Crippen molar-refractivity contribution >= 4 is 11.9 Å². The fourth-order valence-corrected chi connectivity index (χ4v) is 6.47. The molecule has 3 unspecified atom stereocenters. The van der Waals surface area contributed by atoms with Crippen LogP contribution in [0.4, 0.5) is 0 Å². The fraction of sp³-hybridized carbons (Fsp3) is 0.441. The minimum absolute atomic E-state index is 0.0432. The van der Waals surface area contributed by atoms with Crippen LogP contribution in [0.1, 0.15) is 24.7 Å². The zero-order valence-corrected chi connectivity index (χ0v) is 28.6. The van der Waals surface area contributed by atoms with Gasteiger partial charge in [-0.3, -0.25) is 0 Å². The molecule has 3 aromatic heterocycles. The first-order valence-electron chi connectivity index (χ1n) is 15.7. The third kappa shape index (κ3) is 8.30. The third-order valence-electron chi connectivity index (χ3n) is 8.88. The number of rotatable bonds is 16. The Hall–Kier alpha value is -4.43. The number of hydrogen-bond donors (Lipinski definition) is 3. The molecular weight excluding hydrogens is 602 g/mol. The van der Waals surface area contributed by atoms with Crippen LogP contribution in [-0.4, -0.2) is 99.3 Å². The molecule has 1 aromatic carbocycles. The highest BCUT2D eigenvalue weighted by molar-refractivity contribution is 5.68. The Morgan fingerprint density at radius 3 is 1.79 bits per heavy atom. The molecule has 0 fully saturated rings. The summed E-state index contributed by atoms with van der Waals surface area (Å²) in [5.41, 5.74) is 3.94. The molecule has 4 rings (SSSR count). The van der Waals surface area contributed by atoms with Crippen LogP contribution in [-0.2, 0) is 48.6 Å². The normalized spacial score (nSPS) is 14.8. The maximum Gasteiger partial charge on any atom is 0.478 e. The van der Waals surface area contributed by atoms with E-state index in [1.165, 1.54) is 7.11 Å². The van der Waals surface area contributed by atoms with E-state index in [0.717, 1.165) is 47.1 Å². The highest BCUT2D eigenvalue weighted by Gasteiger charge is 2.37. The summed E-state index contributed by atoms with van der Waals surface area (Å²) in [4.78, 5) is 23.5. The summed E-state index contributed by atoms with van der Waals surface area (Å²) in [6, 6.07) is 18.4. The molecule has 0 amide bonds. The number of pyridine rings is 1. The largest absolute Gasteiger partial charge is 0.478 e. The van der Waals surface area contributed by atoms with Crippen LogP contribution >= 0.6 is 0 Å². The molecule has 13 heteroatoms. The minimum Gasteiger partial charge on any atom is -0.477 e. The van der Waals surface area contributed by atoms with Crippen molar-refractivity contribution in [3.05, 3.63) is 78.4 Å². The lowest BCUT2D eigenvalue weighted by molar-refractivity contribution is -0.922. The van der Waals surface area contributed by atoms with Crippen molar-refractivity contribution in [2.45, 2.75) is 32.7 Å². The van der Waals surface area contributed by atoms with Gasteiger partial charge in [-0.1, -0.05) is 41.8 Å². The summed E-state index contributed by atoms with van der Waals surface area (Å²) in [5.74, 6) is -0.0130. The first-order chi connectivity index (χ1) is 22.2. The molecule has 0 radical (unpaired) electrons. The molecule has 0 saturated heterocycles. The standard InChI is InChI=1S/C34H48N7O6/c1-8-18-40(5,23-32(42)43)21-28-14-16-38(36(28)3)30-19-27(26-12-10-9-11-13-26)20-31(35(30)2)39-17-15-29(37(39)4)22-41(6,24-33(44)45)25-34(46)47-7/h9-17,19-20,34,46H,8,18,21-25H2,1-7H3/q+3/p+2. The Morgan fingerprint density at radius 2 is 1.32 bits per heavy atom. The van der Waals surface area contributed by atoms with Gasteiger partial charge in [0.25, 0.3) is 0 Å². The molecule has 0 aliphatic carbocycles. The lowest BCUT2D eigenvalue weighted by Gasteiger charge is -2.33. The quantitative estimate of drug-likeness (QED) is 0.0937. The Balaban J connectivity index is 1.82. The van der Waals surface area contributed by atoms with E-state index in [1.807, 2.05) is 80.3 Å². The molecule has 0 bridgehead atoms. The van der Waals surface area contributed by atoms with Crippen molar-refractivity contribution < 1.29 is 52.5 Å². The second-order valence-electron chi connectivity index (χ2n) is 13.0. The second kappa shape index (κ2) is 14.6. The SMILES string of the molecule is CCC[N+](C)(CC(=O)O)Cc1cc[n+](-c2cc(-c3ccccc3)cc(-[n+]3ccc(C[N+](C)(CC(=O)O)CC(O)OC)n3C)[n+]2C)n1C. The summed E-state index contributed by atoms with van der Waals surface area (Å²) in [7, 11) is 11.1. The average molecular weight is 653 g/mol. The maximum atomic E-state index is 11.8. The number of carboxylic acid groups (broad SMARTS) is 2. The average Bonchev–Trinajstić information content (AvgIpc) is 3.53. The number of carboxylic acids is 2. The van der Waals surface area contributed by atoms with Gasteiger partial charge in [0.1, 0.15) is 31.0 Å². The van der Waals surface area contributed by atoms with Gasteiger partial charge in [-0.2, -0.15) is 0 Å². The van der Waals surface area contributed by atoms with Gasteiger partial charge in [-0.05, 0) is 21.3 Å². The van der Waals surface area contributed by atoms with Crippen LogP contribution in [0.5, 0.6) is 0 Å². The Labute approximate surface area is 276 Å². The number of likely N-dealkylation sites (N-methyl/N-ethyl adjacent to an activating group) is 2. The van der Waals surface area contributed by atoms with Crippen molar-refractivity contribution in [1.82, 2.24) is 9.36 Å². The molecule has 0 spiro atoms. The second-order valence-corrected chi connectivity index (χ2v) is 13.0. The van der Waals surface area contributed by atoms with E-state index >= 15 is 0 Å². The van der Waals surface area contributed by atoms with Gasteiger partial charge in [0.05, 0.1) is 46.9 Å². The molecule has 3 heterocycles. The molecule has 252 valence electrons. The number of aliphatic carboxylic acids is 2. The van der Waals surface area contributed by atoms with E-state index in [-0.39, 0.29) is 24.1 Å². The lowest BCUT2D eigenvalue weighted by Crippen LogP contribution is -2.58. The number of aliphatic hydroxyl groups excluding tert-OH is 1. The molecule has 3 N–H and O–H groups in total. The van der Waals surface area contributed by atoms with Gasteiger partial charge in [0.2, 0.25) is 18.7 Å². The van der Waals surface area contributed by atoms with Gasteiger partial charge in [-0.25, -0.2) is 9.59 Å². The molecular formula is C34H50N7O6+5. The summed E-state index contributed by atoms with van der Waals surface area (Å²) >= 11 is 0. The maximum absolute atomic E-state index is 11.8. The van der Waals surface area contributed by atoms with E-state index in [9.17, 15) is 24.9 Å². The molecule has 3 atom stereocenters. The number of aromatic nitrogens is 5. The first-order valence-corrected chi connectivity index (χ1v) is 15.7. The van der Waals surface area contributed by atoms with Crippen LogP contribution in [0.15, 0.2) is 67.0 Å². The van der Waals surface area contributed by atoms with Crippen LogP contribution in [0.25, 0.3) is 22.8 Å². The predicted octanol–water partition coefficient (Wildman–Crippen LogP) is 0.846. The Morgan fingerprint density at radius 1 is 0.830 bits per heavy atom. The van der Waals surface area contributed by atoms with Crippen LogP contribution < -0.4 is 13.9 Å². The van der Waals surface area contributed by atoms with Crippen molar-refractivity contribution in [2.24, 2.45) is 21.1 Å². The molecule has 0 aliphatic heterocycles. The summed E-state index contributed by atoms with van der Waals surface area (Å²) in [6.07, 6.45) is 3.76. The van der Waals surface area contributed by atoms with Crippen LogP contribution in [0.3, 0.4) is 0 Å². The zero-order chi connectivity index (χ0) is 34.5. The van der Waals surface area contributed by atoms with E-state index in [1.54, 1.807) is 7.05 Å². The van der Waals surface area contributed by atoms with E-state index < -0.39 is 18.2 Å². The molecule has 0 saturated carbocycles. The van der Waals surface area contributed by atoms with Gasteiger partial charge < -0.3 is 29.0 Å². The lowest BCUT2D eigenvalue weighted by atomic mass is 10.1. The van der Waals surface area contributed by atoms with Crippen LogP contribution in [0.2, 0.25) is 0 Å². The summed E-state index contributed by atoms with van der Waals surface area (Å²) < 4.78 is 15.8. The highest BCUT2D eigenvalue weighted by atomic mass is 16.6. The Kier molecular flexibility index (Phi) is 11.0. The number of aliphatic hydroxyl groups is 1. The van der Waals surface area contributed by atoms with E-state index in [2.05, 4.69) is 45.1 Å². The highest BCUT2D eigenvalue weighted by Crippen LogP contribution is 2.21. The third-order valence-corrected chi connectivity index (χ3v) is 8.88. The number of carbonyl (C=O) groups is 2. The minimum atomic E-state index is -1.09. The molecule has 13 nitrogen and oxygen atoms in total. The molecule has 47 heavy (non-hydrogen) atoms. The van der Waals surface area contributed by atoms with Crippen molar-refractivity contribution in [2.75, 3.05) is 47.4 Å². The fourth-order valence-electron chi connectivity index (χ4n) is 6.47. The van der Waals surface area contributed by atoms with Crippen LogP contribution in [0, 0.1) is 0 Å². The number of quaternary nitrogens is 2. The number of methoxy groups -OCH3 is 1. The topological polar surface area (TPSA) is 126 Å². The summed E-state index contributed by atoms with van der Waals surface area (Å²) in [6.45, 7) is 3.72. The molecule has 0 aliphatic rings. The Bertz CT molecular complexity index is 1720. The van der Waals surface area contributed by atoms with Crippen molar-refractivity contribution in [3.8, 4) is 22.8 Å². The van der Waals surface area contributed by atoms with Gasteiger partial charge in [0, 0.05) is 24.8 Å². The first kappa shape index (κ1) is 35.4. The van der Waals surface area contributed by atoms with Crippen molar-refractivity contribution in [1.29, 1.82) is 0 Å². The number of ether oxygens (including phenoxy) is 1. The molecule has 4 aromatic rings. The summed E-state index contributed by atoms with van der Waals surface area (Å²) in [5, 5.41) is 29.5. The predicted molar refractivity (Wildman–Crippen MR) is 172 cm³/mol. The van der Waals surface area contributed by atoms with E-state index in [4.69, 9.17) is 4.74 Å². The number of hydrogen-bond acceptors (Lipinski definition) is 4. The van der Waals surface area contributed by atoms with E-state index in [0.29, 0.717) is 17.6 Å². The number of benzene rings is 1. The number of nitrogens with zero attached hydrogens (tertiary/aromatic N) is 7. The van der Waals surface area contributed by atoms with Gasteiger partial charge in [-0.15, -0.1) is 9.36 Å². The van der Waals surface area contributed by atoms with Gasteiger partial charge in [0.15, 0.2) is 20.1 Å². The van der Waals surface area contributed by atoms with Crippen molar-refractivity contribution in [3.63, 3.8) is 0 Å².